The van der Waals surface area contributed by atoms with Gasteiger partial charge in [0.1, 0.15) is 16.5 Å². The first-order chi connectivity index (χ1) is 15.2. The highest BCUT2D eigenvalue weighted by atomic mass is 32.1. The predicted molar refractivity (Wildman–Crippen MR) is 123 cm³/mol. The van der Waals surface area contributed by atoms with Gasteiger partial charge in [-0.3, -0.25) is 4.90 Å². The largest absolute Gasteiger partial charge is 0.481 e. The summed E-state index contributed by atoms with van der Waals surface area (Å²) in [5.41, 5.74) is 2.55. The molecule has 5 rings (SSSR count). The Morgan fingerprint density at radius 1 is 1.26 bits per heavy atom. The summed E-state index contributed by atoms with van der Waals surface area (Å²) in [4.78, 5) is 19.3. The first-order valence-electron chi connectivity index (χ1n) is 11.0. The highest BCUT2D eigenvalue weighted by Crippen LogP contribution is 2.40. The zero-order valence-electron chi connectivity index (χ0n) is 18.2. The number of hydrogen-bond donors (Lipinski definition) is 1. The van der Waals surface area contributed by atoms with Crippen molar-refractivity contribution >= 4 is 27.4 Å². The molecule has 0 radical (unpaired) electrons. The van der Waals surface area contributed by atoms with Crippen molar-refractivity contribution < 1.29 is 9.47 Å². The van der Waals surface area contributed by atoms with Gasteiger partial charge in [-0.1, -0.05) is 13.0 Å². The number of anilines is 1. The molecule has 0 bridgehead atoms. The first kappa shape index (κ1) is 20.6. The number of pyridine rings is 1. The predicted octanol–water partition coefficient (Wildman–Crippen LogP) is 3.66. The smallest absolute Gasteiger partial charge is 0.212 e. The lowest BCUT2D eigenvalue weighted by atomic mass is 9.89. The third-order valence-electron chi connectivity index (χ3n) is 6.14. The number of methoxy groups -OCH3 is 1. The molecule has 8 heteroatoms. The van der Waals surface area contributed by atoms with Gasteiger partial charge in [-0.15, -0.1) is 11.3 Å². The summed E-state index contributed by atoms with van der Waals surface area (Å²) in [6, 6.07) is 3.93. The van der Waals surface area contributed by atoms with Gasteiger partial charge in [0.15, 0.2) is 0 Å². The summed E-state index contributed by atoms with van der Waals surface area (Å²) in [6.07, 6.45) is 5.35. The number of aryl methyl sites for hydroxylation is 1. The summed E-state index contributed by atoms with van der Waals surface area (Å²) in [7, 11) is 1.63. The van der Waals surface area contributed by atoms with E-state index in [-0.39, 0.29) is 0 Å². The van der Waals surface area contributed by atoms with Crippen molar-refractivity contribution in [3.05, 3.63) is 40.2 Å². The molecule has 1 aliphatic heterocycles. The molecule has 1 saturated heterocycles. The van der Waals surface area contributed by atoms with Crippen LogP contribution in [0.4, 0.5) is 5.82 Å². The van der Waals surface area contributed by atoms with Gasteiger partial charge in [0.2, 0.25) is 5.88 Å². The molecule has 1 atom stereocenters. The third kappa shape index (κ3) is 4.51. The SMILES string of the molecule is COc1ccc(CNc2nc(CN3CCOCC3)nc3sc4c(c23)CCC(C)C4)cn1. The molecule has 0 aromatic carbocycles. The van der Waals surface area contributed by atoms with E-state index in [1.165, 1.54) is 22.2 Å². The fraction of sp³-hybridized carbons (Fsp3) is 0.522. The van der Waals surface area contributed by atoms with Crippen LogP contribution in [0, 0.1) is 5.92 Å². The minimum atomic E-state index is 0.627. The normalized spacial score (nSPS) is 19.4. The van der Waals surface area contributed by atoms with Crippen molar-refractivity contribution in [1.29, 1.82) is 0 Å². The second kappa shape index (κ2) is 9.06. The lowest BCUT2D eigenvalue weighted by molar-refractivity contribution is 0.0331. The number of hydrogen-bond acceptors (Lipinski definition) is 8. The molecule has 2 aliphatic rings. The van der Waals surface area contributed by atoms with Crippen molar-refractivity contribution in [2.24, 2.45) is 5.92 Å². The van der Waals surface area contributed by atoms with Crippen molar-refractivity contribution in [3.8, 4) is 5.88 Å². The molecule has 1 N–H and O–H groups in total. The molecular weight excluding hydrogens is 410 g/mol. The van der Waals surface area contributed by atoms with Crippen LogP contribution in [-0.4, -0.2) is 53.3 Å². The van der Waals surface area contributed by atoms with Crippen LogP contribution in [0.5, 0.6) is 5.88 Å². The molecule has 7 nitrogen and oxygen atoms in total. The zero-order valence-corrected chi connectivity index (χ0v) is 19.0. The number of morpholine rings is 1. The van der Waals surface area contributed by atoms with Gasteiger partial charge < -0.3 is 14.8 Å². The third-order valence-corrected chi connectivity index (χ3v) is 7.29. The lowest BCUT2D eigenvalue weighted by Crippen LogP contribution is -2.36. The Bertz CT molecular complexity index is 1050. The van der Waals surface area contributed by atoms with Gasteiger partial charge in [-0.05, 0) is 36.3 Å². The number of aromatic nitrogens is 3. The molecule has 164 valence electrons. The molecule has 0 saturated carbocycles. The van der Waals surface area contributed by atoms with Crippen LogP contribution < -0.4 is 10.1 Å². The van der Waals surface area contributed by atoms with Gasteiger partial charge in [-0.25, -0.2) is 15.0 Å². The van der Waals surface area contributed by atoms with Crippen molar-refractivity contribution in [1.82, 2.24) is 19.9 Å². The summed E-state index contributed by atoms with van der Waals surface area (Å²) in [5.74, 6) is 3.21. The average molecular weight is 440 g/mol. The summed E-state index contributed by atoms with van der Waals surface area (Å²) >= 11 is 1.86. The average Bonchev–Trinajstić information content (AvgIpc) is 3.16. The standard InChI is InChI=1S/C23H29N5O2S/c1-15-3-5-17-18(11-15)31-23-21(17)22(25-13-16-4-6-20(29-2)24-12-16)26-19(27-23)14-28-7-9-30-10-8-28/h4,6,12,15H,3,5,7-11,13-14H2,1-2H3,(H,25,26,27). The minimum absolute atomic E-state index is 0.627. The number of ether oxygens (including phenoxy) is 2. The Kier molecular flexibility index (Phi) is 6.02. The second-order valence-corrected chi connectivity index (χ2v) is 9.55. The van der Waals surface area contributed by atoms with Crippen LogP contribution in [0.2, 0.25) is 0 Å². The van der Waals surface area contributed by atoms with E-state index in [4.69, 9.17) is 19.4 Å². The maximum absolute atomic E-state index is 5.49. The zero-order chi connectivity index (χ0) is 21.2. The number of fused-ring (bicyclic) bond motifs is 3. The molecule has 0 spiro atoms. The monoisotopic (exact) mass is 439 g/mol. The van der Waals surface area contributed by atoms with Gasteiger partial charge in [0.05, 0.1) is 32.3 Å². The fourth-order valence-electron chi connectivity index (χ4n) is 4.37. The van der Waals surface area contributed by atoms with Crippen LogP contribution in [0.25, 0.3) is 10.2 Å². The van der Waals surface area contributed by atoms with Gasteiger partial charge in [0.25, 0.3) is 0 Å². The van der Waals surface area contributed by atoms with E-state index in [9.17, 15) is 0 Å². The highest BCUT2D eigenvalue weighted by Gasteiger charge is 2.24. The van der Waals surface area contributed by atoms with Crippen LogP contribution in [0.15, 0.2) is 18.3 Å². The second-order valence-electron chi connectivity index (χ2n) is 8.47. The Morgan fingerprint density at radius 2 is 2.13 bits per heavy atom. The maximum Gasteiger partial charge on any atom is 0.212 e. The number of nitrogens with zero attached hydrogens (tertiary/aromatic N) is 4. The maximum atomic E-state index is 5.49. The van der Waals surface area contributed by atoms with Crippen LogP contribution >= 0.6 is 11.3 Å². The molecule has 3 aromatic heterocycles. The Hall–Kier alpha value is -2.29. The lowest BCUT2D eigenvalue weighted by Gasteiger charge is -2.26. The first-order valence-corrected chi connectivity index (χ1v) is 11.9. The number of thiophene rings is 1. The van der Waals surface area contributed by atoms with Gasteiger partial charge >= 0.3 is 0 Å². The molecule has 0 amide bonds. The summed E-state index contributed by atoms with van der Waals surface area (Å²) < 4.78 is 10.7. The highest BCUT2D eigenvalue weighted by molar-refractivity contribution is 7.19. The molecular formula is C23H29N5O2S. The molecule has 1 aliphatic carbocycles. The van der Waals surface area contributed by atoms with E-state index in [2.05, 4.69) is 22.1 Å². The summed E-state index contributed by atoms with van der Waals surface area (Å²) in [5, 5.41) is 4.82. The van der Waals surface area contributed by atoms with Crippen LogP contribution in [-0.2, 0) is 30.7 Å². The topological polar surface area (TPSA) is 72.4 Å². The summed E-state index contributed by atoms with van der Waals surface area (Å²) in [6.45, 7) is 7.20. The minimum Gasteiger partial charge on any atom is -0.481 e. The number of nitrogens with one attached hydrogen (secondary N) is 1. The van der Waals surface area contributed by atoms with Crippen LogP contribution in [0.1, 0.15) is 35.2 Å². The molecule has 3 aromatic rings. The van der Waals surface area contributed by atoms with Gasteiger partial charge in [0, 0.05) is 36.8 Å². The van der Waals surface area contributed by atoms with Crippen molar-refractivity contribution in [3.63, 3.8) is 0 Å². The van der Waals surface area contributed by atoms with E-state index in [0.29, 0.717) is 12.4 Å². The van der Waals surface area contributed by atoms with E-state index in [1.54, 1.807) is 7.11 Å². The van der Waals surface area contributed by atoms with E-state index < -0.39 is 0 Å². The van der Waals surface area contributed by atoms with E-state index in [1.807, 2.05) is 29.7 Å². The van der Waals surface area contributed by atoms with Crippen molar-refractivity contribution in [2.75, 3.05) is 38.7 Å². The fourth-order valence-corrected chi connectivity index (χ4v) is 5.77. The van der Waals surface area contributed by atoms with E-state index >= 15 is 0 Å². The molecule has 1 unspecified atom stereocenters. The Balaban J connectivity index is 1.46. The molecule has 31 heavy (non-hydrogen) atoms. The van der Waals surface area contributed by atoms with Crippen LogP contribution in [0.3, 0.4) is 0 Å². The van der Waals surface area contributed by atoms with Crippen molar-refractivity contribution in [2.45, 2.75) is 39.3 Å². The quantitative estimate of drug-likeness (QED) is 0.628. The Morgan fingerprint density at radius 3 is 2.90 bits per heavy atom. The molecule has 4 heterocycles. The van der Waals surface area contributed by atoms with E-state index in [0.717, 1.165) is 73.6 Å². The molecule has 1 fully saturated rings. The van der Waals surface area contributed by atoms with Gasteiger partial charge in [-0.2, -0.15) is 0 Å². The Labute approximate surface area is 186 Å². The number of rotatable bonds is 6.